The van der Waals surface area contributed by atoms with Gasteiger partial charge in [0.1, 0.15) is 22.7 Å². The maximum Gasteiger partial charge on any atom is 0.143 e. The molecule has 13 aromatic rings. The van der Waals surface area contributed by atoms with Crippen LogP contribution in [0.25, 0.3) is 88.3 Å². The Kier molecular flexibility index (Phi) is 10.5. The van der Waals surface area contributed by atoms with Gasteiger partial charge in [0.2, 0.25) is 0 Å². The van der Waals surface area contributed by atoms with E-state index in [1.54, 1.807) is 0 Å². The summed E-state index contributed by atoms with van der Waals surface area (Å²) in [7, 11) is 0. The Morgan fingerprint density at radius 1 is 0.257 bits per heavy atom. The highest BCUT2D eigenvalue weighted by Crippen LogP contribution is 2.52. The van der Waals surface area contributed by atoms with Crippen molar-refractivity contribution in [3.8, 4) is 67.1 Å². The second kappa shape index (κ2) is 18.1. The van der Waals surface area contributed by atoms with Gasteiger partial charge in [0, 0.05) is 61.8 Å². The molecule has 12 aromatic carbocycles. The normalized spacial score (nSPS) is 11.6. The molecule has 0 atom stereocenters. The molecular weight excluding hydrogens is 901 g/mol. The maximum atomic E-state index is 7.05. The molecule has 0 spiro atoms. The smallest absolute Gasteiger partial charge is 0.143 e. The molecule has 0 amide bonds. The molecular formula is C70H46N2O2. The SMILES string of the molecule is c1ccc(-c2ccc(N(c3ccc(-c4ccccc4)cc3)c3ccc4c(c3)-c3cccc5cc(N(c6ccc(-c7ccccc7)cc6)c6ccc(-c7cccc8c7oc7ccccc78)cc6)cc(c35)O4)cc2)cc1. The Balaban J connectivity index is 0.862. The van der Waals surface area contributed by atoms with Crippen LogP contribution in [0.5, 0.6) is 11.5 Å². The van der Waals surface area contributed by atoms with Crippen LogP contribution in [-0.4, -0.2) is 0 Å². The van der Waals surface area contributed by atoms with Gasteiger partial charge in [-0.2, -0.15) is 0 Å². The minimum Gasteiger partial charge on any atom is -0.456 e. The Morgan fingerprint density at radius 3 is 1.27 bits per heavy atom. The topological polar surface area (TPSA) is 28.9 Å². The molecule has 0 aliphatic carbocycles. The molecule has 0 N–H and O–H groups in total. The third kappa shape index (κ3) is 7.65. The van der Waals surface area contributed by atoms with Gasteiger partial charge in [-0.15, -0.1) is 0 Å². The minimum absolute atomic E-state index is 0.813. The quantitative estimate of drug-likeness (QED) is 0.137. The average molecular weight is 947 g/mol. The van der Waals surface area contributed by atoms with Crippen LogP contribution in [0, 0.1) is 0 Å². The fourth-order valence-electron chi connectivity index (χ4n) is 10.8. The van der Waals surface area contributed by atoms with Crippen molar-refractivity contribution >= 4 is 66.8 Å². The standard InChI is InChI=1S/C70H46N2O2/c1-4-14-47(15-5-1)50-26-34-55(35-27-50)71(56-36-28-51(29-37-56)48-16-6-2-7-17-48)59-42-43-67-65(45-59)63-23-12-20-54-44-60(46-68(73-67)69(54)63)72(57-38-30-52(31-39-57)49-18-8-3-9-19-49)58-40-32-53(33-41-58)61-22-13-24-64-62-21-10-11-25-66(62)74-70(61)64/h1-46H. The Labute approximate surface area is 429 Å². The molecule has 348 valence electrons. The lowest BCUT2D eigenvalue weighted by Gasteiger charge is -2.30. The molecule has 14 rings (SSSR count). The van der Waals surface area contributed by atoms with Gasteiger partial charge in [0.05, 0.1) is 5.69 Å². The number of ether oxygens (including phenoxy) is 1. The largest absolute Gasteiger partial charge is 0.456 e. The van der Waals surface area contributed by atoms with Gasteiger partial charge < -0.3 is 19.0 Å². The fraction of sp³-hybridized carbons (Fsp3) is 0. The van der Waals surface area contributed by atoms with E-state index in [0.29, 0.717) is 0 Å². The predicted molar refractivity (Wildman–Crippen MR) is 308 cm³/mol. The summed E-state index contributed by atoms with van der Waals surface area (Å²) in [6.07, 6.45) is 0. The Morgan fingerprint density at radius 2 is 0.703 bits per heavy atom. The van der Waals surface area contributed by atoms with Gasteiger partial charge in [-0.25, -0.2) is 0 Å². The summed E-state index contributed by atoms with van der Waals surface area (Å²) in [5, 5.41) is 4.41. The molecule has 0 radical (unpaired) electrons. The zero-order valence-electron chi connectivity index (χ0n) is 40.3. The van der Waals surface area contributed by atoms with Gasteiger partial charge in [0.25, 0.3) is 0 Å². The second-order valence-corrected chi connectivity index (χ2v) is 18.9. The summed E-state index contributed by atoms with van der Waals surface area (Å²) in [4.78, 5) is 4.67. The van der Waals surface area contributed by atoms with E-state index in [1.165, 1.54) is 27.8 Å². The molecule has 4 nitrogen and oxygen atoms in total. The number of furan rings is 1. The van der Waals surface area contributed by atoms with Gasteiger partial charge in [0.15, 0.2) is 0 Å². The van der Waals surface area contributed by atoms with Crippen molar-refractivity contribution in [1.82, 2.24) is 0 Å². The number of nitrogens with zero attached hydrogens (tertiary/aromatic N) is 2. The van der Waals surface area contributed by atoms with Crippen LogP contribution >= 0.6 is 0 Å². The van der Waals surface area contributed by atoms with Crippen molar-refractivity contribution < 1.29 is 9.15 Å². The zero-order chi connectivity index (χ0) is 49.0. The molecule has 0 fully saturated rings. The van der Waals surface area contributed by atoms with Crippen molar-refractivity contribution in [1.29, 1.82) is 0 Å². The van der Waals surface area contributed by atoms with E-state index in [1.807, 2.05) is 12.1 Å². The van der Waals surface area contributed by atoms with Crippen LogP contribution in [0.3, 0.4) is 0 Å². The van der Waals surface area contributed by atoms with E-state index in [-0.39, 0.29) is 0 Å². The lowest BCUT2D eigenvalue weighted by Crippen LogP contribution is -2.11. The fourth-order valence-corrected chi connectivity index (χ4v) is 10.8. The summed E-state index contributed by atoms with van der Waals surface area (Å²) in [5.74, 6) is 1.63. The van der Waals surface area contributed by atoms with E-state index in [4.69, 9.17) is 9.15 Å². The number of hydrogen-bond donors (Lipinski definition) is 0. The molecule has 0 bridgehead atoms. The second-order valence-electron chi connectivity index (χ2n) is 18.9. The number of fused-ring (bicyclic) bond motifs is 5. The van der Waals surface area contributed by atoms with E-state index < -0.39 is 0 Å². The van der Waals surface area contributed by atoms with Crippen LogP contribution in [-0.2, 0) is 0 Å². The first-order valence-corrected chi connectivity index (χ1v) is 25.1. The lowest BCUT2D eigenvalue weighted by molar-refractivity contribution is 0.487. The van der Waals surface area contributed by atoms with E-state index >= 15 is 0 Å². The Hall–Kier alpha value is -9.90. The van der Waals surface area contributed by atoms with Crippen LogP contribution in [0.4, 0.5) is 34.1 Å². The van der Waals surface area contributed by atoms with Crippen LogP contribution < -0.4 is 14.5 Å². The van der Waals surface area contributed by atoms with E-state index in [2.05, 4.69) is 277 Å². The zero-order valence-corrected chi connectivity index (χ0v) is 40.3. The number of para-hydroxylation sites is 2. The van der Waals surface area contributed by atoms with Crippen molar-refractivity contribution in [2.24, 2.45) is 0 Å². The molecule has 1 aliphatic heterocycles. The molecule has 1 aliphatic rings. The van der Waals surface area contributed by atoms with Gasteiger partial charge in [-0.3, -0.25) is 0 Å². The number of anilines is 6. The van der Waals surface area contributed by atoms with Crippen molar-refractivity contribution in [2.45, 2.75) is 0 Å². The Bertz CT molecular complexity index is 4090. The third-order valence-electron chi connectivity index (χ3n) is 14.5. The summed E-state index contributed by atoms with van der Waals surface area (Å²) in [5.41, 5.74) is 19.4. The van der Waals surface area contributed by atoms with Gasteiger partial charge >= 0.3 is 0 Å². The lowest BCUT2D eigenvalue weighted by atomic mass is 9.93. The van der Waals surface area contributed by atoms with Crippen molar-refractivity contribution in [3.05, 3.63) is 279 Å². The first kappa shape index (κ1) is 42.9. The summed E-state index contributed by atoms with van der Waals surface area (Å²) < 4.78 is 13.5. The predicted octanol–water partition coefficient (Wildman–Crippen LogP) is 20.1. The highest BCUT2D eigenvalue weighted by atomic mass is 16.5. The van der Waals surface area contributed by atoms with Crippen LogP contribution in [0.2, 0.25) is 0 Å². The highest BCUT2D eigenvalue weighted by molar-refractivity contribution is 6.10. The highest BCUT2D eigenvalue weighted by Gasteiger charge is 2.25. The molecule has 2 heterocycles. The minimum atomic E-state index is 0.813. The molecule has 1 aromatic heterocycles. The molecule has 0 saturated carbocycles. The third-order valence-corrected chi connectivity index (χ3v) is 14.5. The average Bonchev–Trinajstić information content (AvgIpc) is 3.86. The monoisotopic (exact) mass is 946 g/mol. The summed E-state index contributed by atoms with van der Waals surface area (Å²) in [6.45, 7) is 0. The summed E-state index contributed by atoms with van der Waals surface area (Å²) >= 11 is 0. The van der Waals surface area contributed by atoms with Crippen molar-refractivity contribution in [2.75, 3.05) is 9.80 Å². The molecule has 4 heteroatoms. The number of rotatable bonds is 10. The van der Waals surface area contributed by atoms with E-state index in [9.17, 15) is 0 Å². The molecule has 74 heavy (non-hydrogen) atoms. The van der Waals surface area contributed by atoms with Crippen LogP contribution in [0.1, 0.15) is 0 Å². The van der Waals surface area contributed by atoms with Gasteiger partial charge in [-0.1, -0.05) is 194 Å². The molecule has 0 unspecified atom stereocenters. The number of benzene rings is 12. The first-order chi connectivity index (χ1) is 36.7. The van der Waals surface area contributed by atoms with Gasteiger partial charge in [-0.05, 0) is 129 Å². The molecule has 0 saturated heterocycles. The summed E-state index contributed by atoms with van der Waals surface area (Å²) in [6, 6.07) is 99.4. The van der Waals surface area contributed by atoms with E-state index in [0.717, 1.165) is 106 Å². The maximum absolute atomic E-state index is 7.05. The van der Waals surface area contributed by atoms with Crippen LogP contribution in [0.15, 0.2) is 283 Å². The number of hydrogen-bond acceptors (Lipinski definition) is 4. The van der Waals surface area contributed by atoms with Crippen molar-refractivity contribution in [3.63, 3.8) is 0 Å². The first-order valence-electron chi connectivity index (χ1n) is 25.1.